The lowest BCUT2D eigenvalue weighted by molar-refractivity contribution is -0.118. The van der Waals surface area contributed by atoms with Gasteiger partial charge in [0.25, 0.3) is 0 Å². The lowest BCUT2D eigenvalue weighted by Crippen LogP contribution is -2.29. The van der Waals surface area contributed by atoms with Crippen LogP contribution in [0.1, 0.15) is 18.9 Å². The van der Waals surface area contributed by atoms with Gasteiger partial charge >= 0.3 is 0 Å². The topological polar surface area (TPSA) is 20.3 Å². The third kappa shape index (κ3) is 2.98. The predicted octanol–water partition coefficient (Wildman–Crippen LogP) is 3.63. The SMILES string of the molecule is CCC(=O)N(Cc1ccccc1)c1ccccc1. The molecule has 0 N–H and O–H groups in total. The molecule has 0 aliphatic rings. The number of rotatable bonds is 4. The predicted molar refractivity (Wildman–Crippen MR) is 74.4 cm³/mol. The molecule has 92 valence electrons. The Hall–Kier alpha value is -2.09. The van der Waals surface area contributed by atoms with Crippen molar-refractivity contribution < 1.29 is 4.79 Å². The average molecular weight is 239 g/mol. The Labute approximate surface area is 108 Å². The van der Waals surface area contributed by atoms with Crippen molar-refractivity contribution in [2.45, 2.75) is 19.9 Å². The van der Waals surface area contributed by atoms with Crippen molar-refractivity contribution in [3.8, 4) is 0 Å². The first kappa shape index (κ1) is 12.4. The van der Waals surface area contributed by atoms with Crippen LogP contribution >= 0.6 is 0 Å². The quantitative estimate of drug-likeness (QED) is 0.797. The van der Waals surface area contributed by atoms with E-state index in [1.807, 2.05) is 72.5 Å². The zero-order valence-electron chi connectivity index (χ0n) is 10.5. The zero-order valence-corrected chi connectivity index (χ0v) is 10.5. The third-order valence-corrected chi connectivity index (χ3v) is 2.85. The smallest absolute Gasteiger partial charge is 0.227 e. The van der Waals surface area contributed by atoms with Crippen LogP contribution in [-0.2, 0) is 11.3 Å². The van der Waals surface area contributed by atoms with Crippen LogP contribution in [0.4, 0.5) is 5.69 Å². The molecule has 2 rings (SSSR count). The van der Waals surface area contributed by atoms with Crippen molar-refractivity contribution in [1.29, 1.82) is 0 Å². The molecule has 0 radical (unpaired) electrons. The van der Waals surface area contributed by atoms with Crippen LogP contribution in [0.3, 0.4) is 0 Å². The molecule has 0 atom stereocenters. The van der Waals surface area contributed by atoms with Crippen LogP contribution in [-0.4, -0.2) is 5.91 Å². The van der Waals surface area contributed by atoms with Crippen molar-refractivity contribution in [1.82, 2.24) is 0 Å². The van der Waals surface area contributed by atoms with E-state index in [2.05, 4.69) is 0 Å². The number of carbonyl (C=O) groups excluding carboxylic acids is 1. The van der Waals surface area contributed by atoms with E-state index in [9.17, 15) is 4.79 Å². The van der Waals surface area contributed by atoms with E-state index >= 15 is 0 Å². The number of amides is 1. The van der Waals surface area contributed by atoms with E-state index in [-0.39, 0.29) is 5.91 Å². The largest absolute Gasteiger partial charge is 0.308 e. The fourth-order valence-corrected chi connectivity index (χ4v) is 1.89. The summed E-state index contributed by atoms with van der Waals surface area (Å²) in [5.41, 5.74) is 2.09. The summed E-state index contributed by atoms with van der Waals surface area (Å²) in [6.07, 6.45) is 0.516. The summed E-state index contributed by atoms with van der Waals surface area (Å²) >= 11 is 0. The molecule has 18 heavy (non-hydrogen) atoms. The van der Waals surface area contributed by atoms with Crippen LogP contribution in [0.15, 0.2) is 60.7 Å². The number of carbonyl (C=O) groups is 1. The molecule has 2 nitrogen and oxygen atoms in total. The Morgan fingerprint density at radius 2 is 1.50 bits per heavy atom. The molecule has 0 spiro atoms. The number of anilines is 1. The third-order valence-electron chi connectivity index (χ3n) is 2.85. The normalized spacial score (nSPS) is 10.1. The van der Waals surface area contributed by atoms with Crippen molar-refractivity contribution >= 4 is 11.6 Å². The van der Waals surface area contributed by atoms with Gasteiger partial charge in [-0.25, -0.2) is 0 Å². The van der Waals surface area contributed by atoms with Gasteiger partial charge in [-0.3, -0.25) is 4.79 Å². The summed E-state index contributed by atoms with van der Waals surface area (Å²) in [6, 6.07) is 19.9. The molecular weight excluding hydrogens is 222 g/mol. The molecule has 0 aliphatic heterocycles. The van der Waals surface area contributed by atoms with Crippen LogP contribution < -0.4 is 4.90 Å². The maximum Gasteiger partial charge on any atom is 0.227 e. The van der Waals surface area contributed by atoms with E-state index in [1.54, 1.807) is 0 Å². The first-order valence-corrected chi connectivity index (χ1v) is 6.20. The zero-order chi connectivity index (χ0) is 12.8. The number of hydrogen-bond donors (Lipinski definition) is 0. The molecule has 2 aromatic carbocycles. The summed E-state index contributed by atoms with van der Waals surface area (Å²) in [4.78, 5) is 13.9. The molecule has 0 saturated carbocycles. The molecule has 2 heteroatoms. The lowest BCUT2D eigenvalue weighted by Gasteiger charge is -2.22. The second kappa shape index (κ2) is 6.01. The van der Waals surface area contributed by atoms with Crippen LogP contribution in [0.25, 0.3) is 0 Å². The Morgan fingerprint density at radius 1 is 0.944 bits per heavy atom. The summed E-state index contributed by atoms with van der Waals surface area (Å²) in [7, 11) is 0. The second-order valence-corrected chi connectivity index (χ2v) is 4.15. The van der Waals surface area contributed by atoms with Gasteiger partial charge in [-0.1, -0.05) is 55.5 Å². The van der Waals surface area contributed by atoms with E-state index in [1.165, 1.54) is 0 Å². The van der Waals surface area contributed by atoms with Gasteiger partial charge in [0.15, 0.2) is 0 Å². The maximum absolute atomic E-state index is 12.0. The summed E-state index contributed by atoms with van der Waals surface area (Å²) < 4.78 is 0. The first-order valence-electron chi connectivity index (χ1n) is 6.20. The second-order valence-electron chi connectivity index (χ2n) is 4.15. The number of nitrogens with zero attached hydrogens (tertiary/aromatic N) is 1. The summed E-state index contributed by atoms with van der Waals surface area (Å²) in [5.74, 6) is 0.144. The number of benzene rings is 2. The highest BCUT2D eigenvalue weighted by Gasteiger charge is 2.13. The molecule has 2 aromatic rings. The Kier molecular flexibility index (Phi) is 4.13. The molecule has 0 heterocycles. The molecule has 0 aliphatic carbocycles. The van der Waals surface area contributed by atoms with Gasteiger partial charge in [0.05, 0.1) is 6.54 Å². The first-order chi connectivity index (χ1) is 8.81. The summed E-state index contributed by atoms with van der Waals surface area (Å²) in [6.45, 7) is 2.51. The molecule has 0 fully saturated rings. The van der Waals surface area contributed by atoms with E-state index in [4.69, 9.17) is 0 Å². The molecule has 1 amide bonds. The highest BCUT2D eigenvalue weighted by atomic mass is 16.2. The van der Waals surface area contributed by atoms with Crippen LogP contribution in [0.2, 0.25) is 0 Å². The van der Waals surface area contributed by atoms with Gasteiger partial charge in [0, 0.05) is 12.1 Å². The van der Waals surface area contributed by atoms with Gasteiger partial charge in [-0.05, 0) is 17.7 Å². The molecule has 0 saturated heterocycles. The van der Waals surface area contributed by atoms with Crippen molar-refractivity contribution in [3.05, 3.63) is 66.2 Å². The fourth-order valence-electron chi connectivity index (χ4n) is 1.89. The minimum atomic E-state index is 0.144. The van der Waals surface area contributed by atoms with Gasteiger partial charge < -0.3 is 4.90 Å². The van der Waals surface area contributed by atoms with Crippen LogP contribution in [0, 0.1) is 0 Å². The molecule has 0 unspecified atom stereocenters. The molecule has 0 aromatic heterocycles. The van der Waals surface area contributed by atoms with E-state index in [0.29, 0.717) is 13.0 Å². The Bertz CT molecular complexity index is 493. The van der Waals surface area contributed by atoms with Crippen LogP contribution in [0.5, 0.6) is 0 Å². The monoisotopic (exact) mass is 239 g/mol. The molecular formula is C16H17NO. The Morgan fingerprint density at radius 3 is 2.06 bits per heavy atom. The Balaban J connectivity index is 2.24. The van der Waals surface area contributed by atoms with Crippen molar-refractivity contribution in [2.24, 2.45) is 0 Å². The van der Waals surface area contributed by atoms with Gasteiger partial charge in [-0.15, -0.1) is 0 Å². The van der Waals surface area contributed by atoms with Crippen molar-refractivity contribution in [2.75, 3.05) is 4.90 Å². The maximum atomic E-state index is 12.0. The lowest BCUT2D eigenvalue weighted by atomic mass is 10.2. The van der Waals surface area contributed by atoms with Gasteiger partial charge in [0.1, 0.15) is 0 Å². The van der Waals surface area contributed by atoms with E-state index < -0.39 is 0 Å². The van der Waals surface area contributed by atoms with Gasteiger partial charge in [-0.2, -0.15) is 0 Å². The minimum absolute atomic E-state index is 0.144. The number of para-hydroxylation sites is 1. The molecule has 0 bridgehead atoms. The minimum Gasteiger partial charge on any atom is -0.308 e. The highest BCUT2D eigenvalue weighted by molar-refractivity contribution is 5.92. The van der Waals surface area contributed by atoms with Gasteiger partial charge in [0.2, 0.25) is 5.91 Å². The highest BCUT2D eigenvalue weighted by Crippen LogP contribution is 2.17. The van der Waals surface area contributed by atoms with Crippen molar-refractivity contribution in [3.63, 3.8) is 0 Å². The van der Waals surface area contributed by atoms with E-state index in [0.717, 1.165) is 11.3 Å². The summed E-state index contributed by atoms with van der Waals surface area (Å²) in [5, 5.41) is 0. The standard InChI is InChI=1S/C16H17NO/c1-2-16(18)17(15-11-7-4-8-12-15)13-14-9-5-3-6-10-14/h3-12H,2,13H2,1H3. The number of hydrogen-bond acceptors (Lipinski definition) is 1. The average Bonchev–Trinajstić information content (AvgIpc) is 2.46. The fraction of sp³-hybridized carbons (Fsp3) is 0.188.